The Morgan fingerprint density at radius 2 is 1.95 bits per heavy atom. The molecule has 0 aromatic heterocycles. The smallest absolute Gasteiger partial charge is 0.338 e. The molecule has 0 unspecified atom stereocenters. The lowest BCUT2D eigenvalue weighted by molar-refractivity contribution is -0.139. The lowest BCUT2D eigenvalue weighted by Crippen LogP contribution is -2.38. The zero-order chi connectivity index (χ0) is 26.1. The van der Waals surface area contributed by atoms with Crippen LogP contribution in [0.25, 0.3) is 0 Å². The van der Waals surface area contributed by atoms with Crippen molar-refractivity contribution in [3.8, 4) is 11.5 Å². The molecule has 8 nitrogen and oxygen atoms in total. The maximum atomic E-state index is 13.1. The summed E-state index contributed by atoms with van der Waals surface area (Å²) in [7, 11) is 0. The Labute approximate surface area is 220 Å². The van der Waals surface area contributed by atoms with E-state index in [-0.39, 0.29) is 25.7 Å². The normalized spacial score (nSPS) is 17.8. The van der Waals surface area contributed by atoms with Crippen LogP contribution >= 0.6 is 11.8 Å². The molecule has 0 fully saturated rings. The van der Waals surface area contributed by atoms with E-state index in [9.17, 15) is 9.59 Å². The SMILES string of the molecule is CCOC(=O)C1=C(C)N=C2SC=C(CC(=O)NCc3ccc4c(c3)OCO4)N2[C@@H]1c1cc(C)ccc1C. The van der Waals surface area contributed by atoms with Crippen LogP contribution in [0.3, 0.4) is 0 Å². The molecule has 1 N–H and O–H groups in total. The van der Waals surface area contributed by atoms with Gasteiger partial charge in [-0.3, -0.25) is 4.79 Å². The summed E-state index contributed by atoms with van der Waals surface area (Å²) in [6, 6.07) is 11.4. The summed E-state index contributed by atoms with van der Waals surface area (Å²) < 4.78 is 16.2. The van der Waals surface area contributed by atoms with Gasteiger partial charge in [-0.05, 0) is 61.9 Å². The minimum Gasteiger partial charge on any atom is -0.463 e. The molecule has 0 radical (unpaired) electrons. The molecule has 0 aliphatic carbocycles. The molecule has 0 saturated heterocycles. The summed E-state index contributed by atoms with van der Waals surface area (Å²) in [6.07, 6.45) is 0.146. The third kappa shape index (κ3) is 4.96. The number of hydrogen-bond acceptors (Lipinski definition) is 8. The van der Waals surface area contributed by atoms with Crippen molar-refractivity contribution in [1.29, 1.82) is 0 Å². The first-order chi connectivity index (χ1) is 17.9. The Bertz CT molecular complexity index is 1360. The number of nitrogens with zero attached hydrogens (tertiary/aromatic N) is 2. The summed E-state index contributed by atoms with van der Waals surface area (Å²) >= 11 is 1.46. The second-order valence-corrected chi connectivity index (χ2v) is 9.95. The maximum Gasteiger partial charge on any atom is 0.338 e. The topological polar surface area (TPSA) is 89.5 Å². The lowest BCUT2D eigenvalue weighted by Gasteiger charge is -2.37. The molecule has 1 amide bonds. The van der Waals surface area contributed by atoms with Crippen LogP contribution in [0.1, 0.15) is 48.6 Å². The molecule has 3 aliphatic heterocycles. The zero-order valence-corrected chi connectivity index (χ0v) is 22.1. The summed E-state index contributed by atoms with van der Waals surface area (Å²) in [6.45, 7) is 8.53. The summed E-state index contributed by atoms with van der Waals surface area (Å²) in [4.78, 5) is 32.9. The van der Waals surface area contributed by atoms with Gasteiger partial charge in [0, 0.05) is 12.2 Å². The number of amidine groups is 1. The number of amides is 1. The van der Waals surface area contributed by atoms with Crippen molar-refractivity contribution < 1.29 is 23.8 Å². The number of allylic oxidation sites excluding steroid dienone is 1. The number of thioether (sulfide) groups is 1. The molecule has 0 spiro atoms. The average Bonchev–Trinajstić information content (AvgIpc) is 3.50. The van der Waals surface area contributed by atoms with Crippen molar-refractivity contribution in [2.45, 2.75) is 46.7 Å². The zero-order valence-electron chi connectivity index (χ0n) is 21.3. The van der Waals surface area contributed by atoms with Gasteiger partial charge >= 0.3 is 5.97 Å². The van der Waals surface area contributed by atoms with Crippen molar-refractivity contribution in [1.82, 2.24) is 10.2 Å². The molecule has 1 atom stereocenters. The third-order valence-corrected chi connectivity index (χ3v) is 7.38. The van der Waals surface area contributed by atoms with Crippen LogP contribution in [0, 0.1) is 13.8 Å². The Kier molecular flexibility index (Phi) is 6.97. The van der Waals surface area contributed by atoms with E-state index in [2.05, 4.69) is 23.5 Å². The van der Waals surface area contributed by atoms with Crippen LogP contribution in [-0.2, 0) is 20.9 Å². The van der Waals surface area contributed by atoms with Gasteiger partial charge in [-0.2, -0.15) is 0 Å². The standard InChI is InChI=1S/C28H29N3O5S/c1-5-34-27(33)25-18(4)30-28-31(26(25)21-10-16(2)6-7-17(21)3)20(14-37-28)12-24(32)29-13-19-8-9-22-23(11-19)36-15-35-22/h6-11,14,26H,5,12-13,15H2,1-4H3,(H,29,32)/t26-/m1/s1. The first-order valence-corrected chi connectivity index (χ1v) is 13.1. The molecule has 37 heavy (non-hydrogen) atoms. The van der Waals surface area contributed by atoms with Crippen LogP contribution < -0.4 is 14.8 Å². The van der Waals surface area contributed by atoms with Crippen LogP contribution in [0.2, 0.25) is 0 Å². The molecular weight excluding hydrogens is 490 g/mol. The molecule has 3 aliphatic rings. The van der Waals surface area contributed by atoms with Crippen molar-refractivity contribution in [2.24, 2.45) is 4.99 Å². The molecule has 2 aromatic carbocycles. The highest BCUT2D eigenvalue weighted by Gasteiger charge is 2.41. The van der Waals surface area contributed by atoms with Crippen molar-refractivity contribution >= 4 is 28.8 Å². The van der Waals surface area contributed by atoms with E-state index >= 15 is 0 Å². The van der Waals surface area contributed by atoms with Gasteiger partial charge in [0.2, 0.25) is 12.7 Å². The van der Waals surface area contributed by atoms with Gasteiger partial charge in [0.15, 0.2) is 16.7 Å². The first kappa shape index (κ1) is 25.0. The second-order valence-electron chi connectivity index (χ2n) is 9.11. The highest BCUT2D eigenvalue weighted by molar-refractivity contribution is 8.16. The van der Waals surface area contributed by atoms with Crippen LogP contribution in [0.5, 0.6) is 11.5 Å². The number of esters is 1. The van der Waals surface area contributed by atoms with E-state index in [1.165, 1.54) is 11.8 Å². The number of benzene rings is 2. The first-order valence-electron chi connectivity index (χ1n) is 12.2. The van der Waals surface area contributed by atoms with Gasteiger partial charge < -0.3 is 24.4 Å². The quantitative estimate of drug-likeness (QED) is 0.522. The molecule has 0 saturated carbocycles. The Morgan fingerprint density at radius 3 is 2.76 bits per heavy atom. The monoisotopic (exact) mass is 519 g/mol. The van der Waals surface area contributed by atoms with Crippen molar-refractivity contribution in [3.05, 3.63) is 81.0 Å². The number of hydrogen-bond donors (Lipinski definition) is 1. The Balaban J connectivity index is 1.39. The number of carbonyl (C=O) groups excluding carboxylic acids is 2. The van der Waals surface area contributed by atoms with E-state index in [0.29, 0.717) is 29.3 Å². The van der Waals surface area contributed by atoms with E-state index in [0.717, 1.165) is 33.1 Å². The molecule has 3 heterocycles. The Hall–Kier alpha value is -3.72. The number of aryl methyl sites for hydroxylation is 2. The number of aliphatic imine (C=N–C) groups is 1. The fraction of sp³-hybridized carbons (Fsp3) is 0.321. The van der Waals surface area contributed by atoms with E-state index in [1.54, 1.807) is 6.92 Å². The fourth-order valence-electron chi connectivity index (χ4n) is 4.67. The number of carbonyl (C=O) groups is 2. The highest BCUT2D eigenvalue weighted by Crippen LogP contribution is 2.45. The summed E-state index contributed by atoms with van der Waals surface area (Å²) in [5.74, 6) is 0.867. The highest BCUT2D eigenvalue weighted by atomic mass is 32.2. The van der Waals surface area contributed by atoms with Crippen LogP contribution in [0.15, 0.2) is 63.8 Å². The number of fused-ring (bicyclic) bond motifs is 2. The van der Waals surface area contributed by atoms with E-state index in [1.807, 2.05) is 49.3 Å². The van der Waals surface area contributed by atoms with Gasteiger partial charge in [-0.25, -0.2) is 9.79 Å². The number of nitrogens with one attached hydrogen (secondary N) is 1. The molecule has 2 aromatic rings. The van der Waals surface area contributed by atoms with E-state index < -0.39 is 12.0 Å². The second kappa shape index (κ2) is 10.3. The maximum absolute atomic E-state index is 13.1. The fourth-order valence-corrected chi connectivity index (χ4v) is 5.63. The lowest BCUT2D eigenvalue weighted by atomic mass is 9.90. The Morgan fingerprint density at radius 1 is 1.14 bits per heavy atom. The average molecular weight is 520 g/mol. The largest absolute Gasteiger partial charge is 0.463 e. The summed E-state index contributed by atoms with van der Waals surface area (Å²) in [5, 5.41) is 5.68. The predicted molar refractivity (Wildman–Crippen MR) is 142 cm³/mol. The van der Waals surface area contributed by atoms with Gasteiger partial charge in [-0.15, -0.1) is 0 Å². The minimum absolute atomic E-state index is 0.130. The molecule has 9 heteroatoms. The van der Waals surface area contributed by atoms with Gasteiger partial charge in [-0.1, -0.05) is 41.6 Å². The van der Waals surface area contributed by atoms with Gasteiger partial charge in [0.05, 0.1) is 30.3 Å². The number of rotatable bonds is 7. The van der Waals surface area contributed by atoms with E-state index in [4.69, 9.17) is 19.2 Å². The third-order valence-electron chi connectivity index (χ3n) is 6.49. The molecule has 0 bridgehead atoms. The molecule has 192 valence electrons. The van der Waals surface area contributed by atoms with Crippen LogP contribution in [-0.4, -0.2) is 35.3 Å². The van der Waals surface area contributed by atoms with Crippen LogP contribution in [0.4, 0.5) is 0 Å². The van der Waals surface area contributed by atoms with Crippen molar-refractivity contribution in [3.63, 3.8) is 0 Å². The number of ether oxygens (including phenoxy) is 3. The molecule has 5 rings (SSSR count). The van der Waals surface area contributed by atoms with Crippen molar-refractivity contribution in [2.75, 3.05) is 13.4 Å². The molecular formula is C28H29N3O5S. The van der Waals surface area contributed by atoms with Gasteiger partial charge in [0.1, 0.15) is 0 Å². The van der Waals surface area contributed by atoms with Gasteiger partial charge in [0.25, 0.3) is 0 Å². The summed E-state index contributed by atoms with van der Waals surface area (Å²) in [5.41, 5.74) is 5.96. The predicted octanol–water partition coefficient (Wildman–Crippen LogP) is 4.88. The minimum atomic E-state index is -0.436.